The van der Waals surface area contributed by atoms with E-state index < -0.39 is 5.82 Å². The lowest BCUT2D eigenvalue weighted by Crippen LogP contribution is -2.03. The van der Waals surface area contributed by atoms with Crippen molar-refractivity contribution in [2.75, 3.05) is 10.6 Å². The van der Waals surface area contributed by atoms with Gasteiger partial charge < -0.3 is 10.6 Å². The van der Waals surface area contributed by atoms with E-state index in [0.717, 1.165) is 28.5 Å². The third-order valence-electron chi connectivity index (χ3n) is 3.73. The van der Waals surface area contributed by atoms with Gasteiger partial charge in [-0.05, 0) is 37.3 Å². The summed E-state index contributed by atoms with van der Waals surface area (Å²) in [6, 6.07) is 8.94. The Bertz CT molecular complexity index is 1080. The van der Waals surface area contributed by atoms with Crippen molar-refractivity contribution in [2.24, 2.45) is 0 Å². The second-order valence-corrected chi connectivity index (χ2v) is 5.98. The molecule has 0 radical (unpaired) electrons. The van der Waals surface area contributed by atoms with Crippen LogP contribution in [0.25, 0.3) is 10.9 Å². The number of halogens is 2. The Kier molecular flexibility index (Phi) is 4.10. The number of nitrogens with zero attached hydrogens (tertiary/aromatic N) is 4. The monoisotopic (exact) mass is 369 g/mol. The number of rotatable bonds is 4. The summed E-state index contributed by atoms with van der Waals surface area (Å²) >= 11 is 5.75. The fraction of sp³-hybridized carbons (Fsp3) is 0.0588. The first kappa shape index (κ1) is 16.2. The Balaban J connectivity index is 1.60. The van der Waals surface area contributed by atoms with Crippen LogP contribution in [0.3, 0.4) is 0 Å². The van der Waals surface area contributed by atoms with Gasteiger partial charge in [0.05, 0.1) is 23.6 Å². The molecule has 0 spiro atoms. The van der Waals surface area contributed by atoms with Crippen LogP contribution in [-0.4, -0.2) is 25.1 Å². The van der Waals surface area contributed by atoms with Crippen molar-refractivity contribution in [2.45, 2.75) is 6.92 Å². The fourth-order valence-corrected chi connectivity index (χ4v) is 2.56. The van der Waals surface area contributed by atoms with E-state index in [-0.39, 0.29) is 11.8 Å². The molecule has 0 atom stereocenters. The molecular weight excluding hydrogens is 357 g/mol. The minimum Gasteiger partial charge on any atom is -0.336 e. The molecule has 0 unspecified atom stereocenters. The van der Waals surface area contributed by atoms with E-state index >= 15 is 0 Å². The van der Waals surface area contributed by atoms with E-state index in [1.807, 2.05) is 25.1 Å². The van der Waals surface area contributed by atoms with E-state index in [1.54, 1.807) is 12.1 Å². The number of aromatic nitrogens is 5. The molecule has 0 aliphatic rings. The molecule has 3 heterocycles. The van der Waals surface area contributed by atoms with Crippen LogP contribution in [0.15, 0.2) is 42.7 Å². The predicted molar refractivity (Wildman–Crippen MR) is 98.6 cm³/mol. The molecule has 130 valence electrons. The van der Waals surface area contributed by atoms with Crippen LogP contribution >= 0.6 is 11.6 Å². The summed E-state index contributed by atoms with van der Waals surface area (Å²) < 4.78 is 14.0. The van der Waals surface area contributed by atoms with E-state index in [9.17, 15) is 4.39 Å². The average Bonchev–Trinajstić information content (AvgIpc) is 3.00. The van der Waals surface area contributed by atoms with Gasteiger partial charge in [-0.3, -0.25) is 5.10 Å². The number of benzene rings is 1. The number of anilines is 4. The molecule has 7 nitrogen and oxygen atoms in total. The molecule has 3 N–H and O–H groups in total. The van der Waals surface area contributed by atoms with Gasteiger partial charge in [0.2, 0.25) is 5.95 Å². The SMILES string of the molecule is Cc1[nH]nc2ccc(Nc3ncc(F)c(Nc4ccc(Cl)nc4)n3)cc12. The first-order chi connectivity index (χ1) is 12.6. The number of aromatic amines is 1. The minimum atomic E-state index is -0.577. The number of pyridine rings is 1. The fourth-order valence-electron chi connectivity index (χ4n) is 2.45. The smallest absolute Gasteiger partial charge is 0.229 e. The molecule has 3 aromatic heterocycles. The molecule has 0 saturated carbocycles. The maximum Gasteiger partial charge on any atom is 0.229 e. The molecule has 0 bridgehead atoms. The van der Waals surface area contributed by atoms with Gasteiger partial charge in [0.15, 0.2) is 11.6 Å². The third kappa shape index (κ3) is 3.27. The Morgan fingerprint density at radius 2 is 1.88 bits per heavy atom. The summed E-state index contributed by atoms with van der Waals surface area (Å²) in [7, 11) is 0. The highest BCUT2D eigenvalue weighted by atomic mass is 35.5. The van der Waals surface area contributed by atoms with Crippen molar-refractivity contribution >= 4 is 45.6 Å². The van der Waals surface area contributed by atoms with Crippen LogP contribution in [0.5, 0.6) is 0 Å². The van der Waals surface area contributed by atoms with Gasteiger partial charge in [-0.25, -0.2) is 14.4 Å². The molecule has 0 aliphatic heterocycles. The molecule has 26 heavy (non-hydrogen) atoms. The van der Waals surface area contributed by atoms with Crippen molar-refractivity contribution in [3.8, 4) is 0 Å². The van der Waals surface area contributed by atoms with Gasteiger partial charge in [0, 0.05) is 16.8 Å². The van der Waals surface area contributed by atoms with Gasteiger partial charge in [-0.15, -0.1) is 0 Å². The highest BCUT2D eigenvalue weighted by molar-refractivity contribution is 6.29. The lowest BCUT2D eigenvalue weighted by atomic mass is 10.2. The minimum absolute atomic E-state index is 0.0344. The van der Waals surface area contributed by atoms with E-state index in [0.29, 0.717) is 10.8 Å². The van der Waals surface area contributed by atoms with E-state index in [1.165, 1.54) is 6.20 Å². The summed E-state index contributed by atoms with van der Waals surface area (Å²) in [6.45, 7) is 1.94. The molecule has 9 heteroatoms. The highest BCUT2D eigenvalue weighted by Gasteiger charge is 2.09. The van der Waals surface area contributed by atoms with Crippen LogP contribution in [-0.2, 0) is 0 Å². The average molecular weight is 370 g/mol. The van der Waals surface area contributed by atoms with Crippen LogP contribution in [0, 0.1) is 12.7 Å². The third-order valence-corrected chi connectivity index (χ3v) is 3.96. The Labute approximate surface area is 152 Å². The van der Waals surface area contributed by atoms with Crippen molar-refractivity contribution in [1.82, 2.24) is 25.1 Å². The number of aryl methyl sites for hydroxylation is 1. The van der Waals surface area contributed by atoms with Crippen molar-refractivity contribution in [1.29, 1.82) is 0 Å². The van der Waals surface area contributed by atoms with Crippen LogP contribution < -0.4 is 10.6 Å². The summed E-state index contributed by atoms with van der Waals surface area (Å²) in [5.41, 5.74) is 3.16. The molecule has 0 aliphatic carbocycles. The maximum atomic E-state index is 14.0. The lowest BCUT2D eigenvalue weighted by molar-refractivity contribution is 0.619. The van der Waals surface area contributed by atoms with Gasteiger partial charge >= 0.3 is 0 Å². The van der Waals surface area contributed by atoms with Gasteiger partial charge in [-0.1, -0.05) is 11.6 Å². The van der Waals surface area contributed by atoms with E-state index in [2.05, 4.69) is 35.8 Å². The summed E-state index contributed by atoms with van der Waals surface area (Å²) in [5, 5.41) is 14.4. The lowest BCUT2D eigenvalue weighted by Gasteiger charge is -2.09. The van der Waals surface area contributed by atoms with Crippen LogP contribution in [0.1, 0.15) is 5.69 Å². The summed E-state index contributed by atoms with van der Waals surface area (Å²) in [4.78, 5) is 12.1. The second-order valence-electron chi connectivity index (χ2n) is 5.59. The molecular formula is C17H13ClFN7. The standard InChI is InChI=1S/C17H13ClFN7/c1-9-12-6-10(2-4-14(12)26-25-9)23-17-21-8-13(19)16(24-17)22-11-3-5-15(18)20-7-11/h2-8H,1H3,(H,25,26)(H2,21,22,23,24). The van der Waals surface area contributed by atoms with Crippen LogP contribution in [0.2, 0.25) is 5.15 Å². The van der Waals surface area contributed by atoms with Gasteiger partial charge in [0.25, 0.3) is 0 Å². The summed E-state index contributed by atoms with van der Waals surface area (Å²) in [5.74, 6) is -0.282. The topological polar surface area (TPSA) is 91.4 Å². The normalized spacial score (nSPS) is 10.9. The molecule has 0 saturated heterocycles. The second kappa shape index (κ2) is 6.57. The maximum absolute atomic E-state index is 14.0. The predicted octanol–water partition coefficient (Wildman–Crippen LogP) is 4.34. The first-order valence-electron chi connectivity index (χ1n) is 7.71. The quantitative estimate of drug-likeness (QED) is 0.463. The van der Waals surface area contributed by atoms with E-state index in [4.69, 9.17) is 11.6 Å². The number of hydrogen-bond donors (Lipinski definition) is 3. The number of nitrogens with one attached hydrogen (secondary N) is 3. The Hall–Kier alpha value is -3.26. The molecule has 4 aromatic rings. The Morgan fingerprint density at radius 1 is 1.04 bits per heavy atom. The molecule has 4 rings (SSSR count). The Morgan fingerprint density at radius 3 is 2.69 bits per heavy atom. The number of fused-ring (bicyclic) bond motifs is 1. The van der Waals surface area contributed by atoms with Crippen molar-refractivity contribution in [3.63, 3.8) is 0 Å². The highest BCUT2D eigenvalue weighted by Crippen LogP contribution is 2.24. The largest absolute Gasteiger partial charge is 0.336 e. The molecule has 1 aromatic carbocycles. The van der Waals surface area contributed by atoms with Crippen molar-refractivity contribution in [3.05, 3.63) is 59.4 Å². The zero-order valence-corrected chi connectivity index (χ0v) is 14.3. The zero-order chi connectivity index (χ0) is 18.1. The first-order valence-corrected chi connectivity index (χ1v) is 8.09. The molecule has 0 fully saturated rings. The van der Waals surface area contributed by atoms with Crippen molar-refractivity contribution < 1.29 is 4.39 Å². The molecule has 0 amide bonds. The number of hydrogen-bond acceptors (Lipinski definition) is 6. The van der Waals surface area contributed by atoms with Gasteiger partial charge in [-0.2, -0.15) is 10.1 Å². The zero-order valence-electron chi connectivity index (χ0n) is 13.6. The summed E-state index contributed by atoms with van der Waals surface area (Å²) in [6.07, 6.45) is 2.59. The number of H-pyrrole nitrogens is 1. The van der Waals surface area contributed by atoms with Crippen LogP contribution in [0.4, 0.5) is 27.5 Å². The van der Waals surface area contributed by atoms with Gasteiger partial charge in [0.1, 0.15) is 5.15 Å².